The number of nitrogens with zero attached hydrogens (tertiary/aromatic N) is 4. The van der Waals surface area contributed by atoms with Gasteiger partial charge in [0, 0.05) is 25.2 Å². The molecule has 3 aromatic heterocycles. The fourth-order valence-electron chi connectivity index (χ4n) is 2.33. The summed E-state index contributed by atoms with van der Waals surface area (Å²) < 4.78 is 2.53. The van der Waals surface area contributed by atoms with Gasteiger partial charge in [-0.15, -0.1) is 11.3 Å². The molecule has 9 heteroatoms. The Morgan fingerprint density at radius 1 is 1.08 bits per heavy atom. The molecule has 134 valence electrons. The maximum absolute atomic E-state index is 12.2. The van der Waals surface area contributed by atoms with Crippen LogP contribution < -0.4 is 16.4 Å². The minimum atomic E-state index is -0.408. The van der Waals surface area contributed by atoms with Crippen LogP contribution in [-0.4, -0.2) is 32.0 Å². The van der Waals surface area contributed by atoms with E-state index in [9.17, 15) is 14.4 Å². The fourth-order valence-corrected chi connectivity index (χ4v) is 3.02. The molecular formula is C17H17N5O3S. The van der Waals surface area contributed by atoms with Gasteiger partial charge in [-0.3, -0.25) is 14.4 Å². The molecule has 8 nitrogen and oxygen atoms in total. The molecule has 0 aromatic carbocycles. The third-order valence-electron chi connectivity index (χ3n) is 3.65. The summed E-state index contributed by atoms with van der Waals surface area (Å²) in [6.07, 6.45) is 0. The van der Waals surface area contributed by atoms with E-state index in [-0.39, 0.29) is 29.9 Å². The Kier molecular flexibility index (Phi) is 5.37. The first-order valence-electron chi connectivity index (χ1n) is 8.07. The van der Waals surface area contributed by atoms with Crippen molar-refractivity contribution in [3.63, 3.8) is 0 Å². The number of nitrogens with one attached hydrogen (secondary N) is 1. The zero-order chi connectivity index (χ0) is 18.5. The van der Waals surface area contributed by atoms with E-state index >= 15 is 0 Å². The van der Waals surface area contributed by atoms with E-state index in [1.165, 1.54) is 38.9 Å². The standard InChI is InChI=1S/C17H17N5O3S/c1-2-21-15(23)8-6-13(20-21)17(25)18-9-10-22-16(24)7-5-12(19-22)14-4-3-11-26-14/h3-8,11H,2,9-10H2,1H3,(H,18,25). The highest BCUT2D eigenvalue weighted by molar-refractivity contribution is 7.13. The normalized spacial score (nSPS) is 10.7. The van der Waals surface area contributed by atoms with Gasteiger partial charge in [0.25, 0.3) is 17.0 Å². The molecule has 0 spiro atoms. The van der Waals surface area contributed by atoms with Gasteiger partial charge >= 0.3 is 0 Å². The number of aryl methyl sites for hydroxylation is 1. The highest BCUT2D eigenvalue weighted by atomic mass is 32.1. The monoisotopic (exact) mass is 371 g/mol. The van der Waals surface area contributed by atoms with Crippen LogP contribution >= 0.6 is 11.3 Å². The number of amides is 1. The lowest BCUT2D eigenvalue weighted by molar-refractivity contribution is 0.0944. The number of carbonyl (C=O) groups excluding carboxylic acids is 1. The highest BCUT2D eigenvalue weighted by Crippen LogP contribution is 2.20. The molecule has 1 amide bonds. The molecule has 3 heterocycles. The van der Waals surface area contributed by atoms with Crippen LogP contribution in [0.4, 0.5) is 0 Å². The Hall–Kier alpha value is -3.07. The molecule has 0 bridgehead atoms. The second kappa shape index (κ2) is 7.87. The number of hydrogen-bond acceptors (Lipinski definition) is 6. The number of aromatic nitrogens is 4. The molecule has 0 unspecified atom stereocenters. The van der Waals surface area contributed by atoms with Gasteiger partial charge in [-0.25, -0.2) is 9.36 Å². The molecule has 0 saturated heterocycles. The summed E-state index contributed by atoms with van der Waals surface area (Å²) in [5, 5.41) is 12.9. The van der Waals surface area contributed by atoms with Crippen molar-refractivity contribution in [1.82, 2.24) is 24.9 Å². The molecule has 0 atom stereocenters. The lowest BCUT2D eigenvalue weighted by Gasteiger charge is -2.08. The Balaban J connectivity index is 1.66. The molecule has 0 radical (unpaired) electrons. The summed E-state index contributed by atoms with van der Waals surface area (Å²) >= 11 is 1.54. The summed E-state index contributed by atoms with van der Waals surface area (Å²) in [6.45, 7) is 2.60. The van der Waals surface area contributed by atoms with Crippen LogP contribution in [0, 0.1) is 0 Å². The lowest BCUT2D eigenvalue weighted by Crippen LogP contribution is -2.33. The summed E-state index contributed by atoms with van der Waals surface area (Å²) in [7, 11) is 0. The third kappa shape index (κ3) is 3.94. The molecule has 0 saturated carbocycles. The zero-order valence-corrected chi connectivity index (χ0v) is 14.9. The van der Waals surface area contributed by atoms with Crippen LogP contribution in [0.15, 0.2) is 51.4 Å². The van der Waals surface area contributed by atoms with E-state index in [1.807, 2.05) is 17.5 Å². The first kappa shape index (κ1) is 17.7. The molecule has 0 fully saturated rings. The molecular weight excluding hydrogens is 354 g/mol. The fraction of sp³-hybridized carbons (Fsp3) is 0.235. The van der Waals surface area contributed by atoms with E-state index in [0.29, 0.717) is 12.2 Å². The highest BCUT2D eigenvalue weighted by Gasteiger charge is 2.09. The van der Waals surface area contributed by atoms with E-state index in [2.05, 4.69) is 15.5 Å². The second-order valence-electron chi connectivity index (χ2n) is 5.39. The van der Waals surface area contributed by atoms with Gasteiger partial charge < -0.3 is 5.32 Å². The topological polar surface area (TPSA) is 98.9 Å². The minimum absolute atomic E-state index is 0.152. The van der Waals surface area contributed by atoms with Crippen LogP contribution in [0.2, 0.25) is 0 Å². The van der Waals surface area contributed by atoms with Gasteiger partial charge in [-0.2, -0.15) is 10.2 Å². The van der Waals surface area contributed by atoms with Crippen LogP contribution in [0.5, 0.6) is 0 Å². The van der Waals surface area contributed by atoms with Crippen molar-refractivity contribution < 1.29 is 4.79 Å². The Bertz CT molecular complexity index is 1020. The molecule has 0 aliphatic rings. The van der Waals surface area contributed by atoms with Crippen molar-refractivity contribution in [2.45, 2.75) is 20.0 Å². The van der Waals surface area contributed by atoms with Crippen molar-refractivity contribution in [3.05, 3.63) is 68.2 Å². The Labute approximate surface area is 152 Å². The summed E-state index contributed by atoms with van der Waals surface area (Å²) in [6, 6.07) is 9.68. The SMILES string of the molecule is CCn1nc(C(=O)NCCn2nc(-c3cccs3)ccc2=O)ccc1=O. The molecule has 3 rings (SSSR count). The summed E-state index contributed by atoms with van der Waals surface area (Å²) in [5.41, 5.74) is 0.365. The van der Waals surface area contributed by atoms with Gasteiger partial charge in [0.1, 0.15) is 11.4 Å². The zero-order valence-electron chi connectivity index (χ0n) is 14.1. The largest absolute Gasteiger partial charge is 0.349 e. The van der Waals surface area contributed by atoms with E-state index in [0.717, 1.165) is 4.88 Å². The van der Waals surface area contributed by atoms with E-state index < -0.39 is 5.91 Å². The molecule has 0 aliphatic heterocycles. The Morgan fingerprint density at radius 3 is 2.58 bits per heavy atom. The van der Waals surface area contributed by atoms with Crippen LogP contribution in [-0.2, 0) is 13.1 Å². The molecule has 0 aliphatic carbocycles. The average molecular weight is 371 g/mol. The van der Waals surface area contributed by atoms with E-state index in [1.54, 1.807) is 13.0 Å². The van der Waals surface area contributed by atoms with E-state index in [4.69, 9.17) is 0 Å². The van der Waals surface area contributed by atoms with Gasteiger partial charge in [-0.1, -0.05) is 6.07 Å². The smallest absolute Gasteiger partial charge is 0.271 e. The summed E-state index contributed by atoms with van der Waals surface area (Å²) in [5.74, 6) is -0.408. The number of hydrogen-bond donors (Lipinski definition) is 1. The first-order valence-corrected chi connectivity index (χ1v) is 8.95. The van der Waals surface area contributed by atoms with Gasteiger partial charge in [-0.05, 0) is 30.5 Å². The predicted molar refractivity (Wildman–Crippen MR) is 98.3 cm³/mol. The van der Waals surface area contributed by atoms with Crippen molar-refractivity contribution in [2.24, 2.45) is 0 Å². The predicted octanol–water partition coefficient (Wildman–Crippen LogP) is 0.978. The van der Waals surface area contributed by atoms with Gasteiger partial charge in [0.05, 0.1) is 11.4 Å². The number of carbonyl (C=O) groups is 1. The molecule has 1 N–H and O–H groups in total. The first-order chi connectivity index (χ1) is 12.6. The quantitative estimate of drug-likeness (QED) is 0.696. The maximum Gasteiger partial charge on any atom is 0.271 e. The Morgan fingerprint density at radius 2 is 1.85 bits per heavy atom. The van der Waals surface area contributed by atoms with Crippen molar-refractivity contribution in [3.8, 4) is 10.6 Å². The van der Waals surface area contributed by atoms with Crippen molar-refractivity contribution >= 4 is 17.2 Å². The van der Waals surface area contributed by atoms with Crippen LogP contribution in [0.25, 0.3) is 10.6 Å². The lowest BCUT2D eigenvalue weighted by atomic mass is 10.3. The third-order valence-corrected chi connectivity index (χ3v) is 4.54. The van der Waals surface area contributed by atoms with Crippen molar-refractivity contribution in [1.29, 1.82) is 0 Å². The van der Waals surface area contributed by atoms with Crippen LogP contribution in [0.1, 0.15) is 17.4 Å². The maximum atomic E-state index is 12.2. The van der Waals surface area contributed by atoms with Gasteiger partial charge in [0.2, 0.25) is 0 Å². The van der Waals surface area contributed by atoms with Crippen LogP contribution in [0.3, 0.4) is 0 Å². The molecule has 26 heavy (non-hydrogen) atoms. The average Bonchev–Trinajstić information content (AvgIpc) is 3.18. The number of rotatable bonds is 6. The molecule has 3 aromatic rings. The number of thiophene rings is 1. The van der Waals surface area contributed by atoms with Crippen molar-refractivity contribution in [2.75, 3.05) is 6.54 Å². The minimum Gasteiger partial charge on any atom is -0.349 e. The van der Waals surface area contributed by atoms with Gasteiger partial charge in [0.15, 0.2) is 0 Å². The second-order valence-corrected chi connectivity index (χ2v) is 6.33. The summed E-state index contributed by atoms with van der Waals surface area (Å²) in [4.78, 5) is 36.6.